The van der Waals surface area contributed by atoms with Gasteiger partial charge in [0.05, 0.1) is 19.0 Å². The molecule has 25 nitrogen and oxygen atoms in total. The van der Waals surface area contributed by atoms with E-state index in [0.29, 0.717) is 44.2 Å². The highest BCUT2D eigenvalue weighted by Crippen LogP contribution is 2.20. The fourth-order valence-electron chi connectivity index (χ4n) is 8.20. The van der Waals surface area contributed by atoms with E-state index in [1.165, 1.54) is 4.90 Å². The Balaban J connectivity index is 2.25. The second kappa shape index (κ2) is 33.2. The minimum atomic E-state index is -1.82. The Bertz CT molecular complexity index is 2060. The molecule has 0 saturated carbocycles. The predicted octanol–water partition coefficient (Wildman–Crippen LogP) is -1.65. The van der Waals surface area contributed by atoms with Gasteiger partial charge < -0.3 is 74.6 Å². The monoisotopic (exact) mass is 1050 g/mol. The number of nitrogens with two attached hydrogens (primary N) is 3. The normalized spacial score (nSPS) is 16.1. The molecule has 8 amide bonds. The Morgan fingerprint density at radius 2 is 1.12 bits per heavy atom. The van der Waals surface area contributed by atoms with Crippen LogP contribution in [0.25, 0.3) is 0 Å². The summed E-state index contributed by atoms with van der Waals surface area (Å²) in [5.41, 5.74) is 18.0. The fourth-order valence-corrected chi connectivity index (χ4v) is 8.20. The zero-order valence-corrected chi connectivity index (χ0v) is 42.9. The number of rotatable bonds is 35. The van der Waals surface area contributed by atoms with Crippen LogP contribution in [-0.2, 0) is 59.2 Å². The van der Waals surface area contributed by atoms with Crippen LogP contribution in [0.15, 0.2) is 30.3 Å². The van der Waals surface area contributed by atoms with Gasteiger partial charge in [-0.2, -0.15) is 0 Å². The van der Waals surface area contributed by atoms with Gasteiger partial charge in [0.15, 0.2) is 0 Å². The van der Waals surface area contributed by atoms with Crippen LogP contribution in [0.3, 0.4) is 0 Å². The zero-order chi connectivity index (χ0) is 55.5. The van der Waals surface area contributed by atoms with Gasteiger partial charge in [-0.3, -0.25) is 47.9 Å². The second-order valence-electron chi connectivity index (χ2n) is 19.3. The number of nitrogens with one attached hydrogen (secondary N) is 7. The molecule has 8 atom stereocenters. The topological polar surface area (TPSA) is 414 Å². The van der Waals surface area contributed by atoms with Crippen molar-refractivity contribution in [2.24, 2.45) is 29.0 Å². The number of carbonyl (C=O) groups excluding carboxylic acids is 8. The second-order valence-corrected chi connectivity index (χ2v) is 19.3. The first-order chi connectivity index (χ1) is 35.0. The van der Waals surface area contributed by atoms with Gasteiger partial charge in [-0.1, -0.05) is 58.0 Å². The number of carboxylic acids is 3. The van der Waals surface area contributed by atoms with Crippen LogP contribution in [0, 0.1) is 11.8 Å². The van der Waals surface area contributed by atoms with Crippen molar-refractivity contribution in [1.82, 2.24) is 42.1 Å². The van der Waals surface area contributed by atoms with Crippen LogP contribution in [-0.4, -0.2) is 160 Å². The van der Waals surface area contributed by atoms with Crippen molar-refractivity contribution in [2.45, 2.75) is 166 Å². The third kappa shape index (κ3) is 23.4. The van der Waals surface area contributed by atoms with Crippen molar-refractivity contribution >= 4 is 65.2 Å². The third-order valence-electron chi connectivity index (χ3n) is 12.0. The van der Waals surface area contributed by atoms with Crippen LogP contribution in [0.1, 0.15) is 117 Å². The van der Waals surface area contributed by atoms with Gasteiger partial charge in [0.1, 0.15) is 42.3 Å². The number of hydrogen-bond acceptors (Lipinski definition) is 14. The Labute approximate surface area is 431 Å². The zero-order valence-electron chi connectivity index (χ0n) is 42.9. The molecule has 414 valence electrons. The Morgan fingerprint density at radius 1 is 0.608 bits per heavy atom. The first-order valence-electron chi connectivity index (χ1n) is 25.2. The Morgan fingerprint density at radius 3 is 1.66 bits per heavy atom. The summed E-state index contributed by atoms with van der Waals surface area (Å²) in [5, 5.41) is 46.3. The van der Waals surface area contributed by atoms with Gasteiger partial charge in [0, 0.05) is 19.4 Å². The number of likely N-dealkylation sites (tertiary alicyclic amines) is 1. The number of carboxylic acid groups (broad SMARTS) is 3. The van der Waals surface area contributed by atoms with E-state index in [-0.39, 0.29) is 63.5 Å². The molecule has 1 aliphatic rings. The number of carbonyl (C=O) groups is 11. The molecule has 0 radical (unpaired) electrons. The fraction of sp³-hybridized carbons (Fsp3) is 0.653. The summed E-state index contributed by atoms with van der Waals surface area (Å²) in [6.45, 7) is 7.44. The summed E-state index contributed by atoms with van der Waals surface area (Å²) >= 11 is 0. The van der Waals surface area contributed by atoms with E-state index in [2.05, 4.69) is 37.2 Å². The molecule has 0 bridgehead atoms. The molecule has 8 unspecified atom stereocenters. The lowest BCUT2D eigenvalue weighted by atomic mass is 10.0. The molecule has 74 heavy (non-hydrogen) atoms. The number of amides is 8. The van der Waals surface area contributed by atoms with Gasteiger partial charge in [0.2, 0.25) is 47.3 Å². The van der Waals surface area contributed by atoms with Gasteiger partial charge in [0.25, 0.3) is 0 Å². The summed E-state index contributed by atoms with van der Waals surface area (Å²) in [6.07, 6.45) is 0.679. The van der Waals surface area contributed by atoms with Crippen molar-refractivity contribution in [3.8, 4) is 0 Å². The van der Waals surface area contributed by atoms with E-state index in [0.717, 1.165) is 0 Å². The number of aliphatic carboxylic acids is 3. The third-order valence-corrected chi connectivity index (χ3v) is 12.0. The van der Waals surface area contributed by atoms with Crippen molar-refractivity contribution in [3.05, 3.63) is 35.9 Å². The average Bonchev–Trinajstić information content (AvgIpc) is 3.83. The predicted molar refractivity (Wildman–Crippen MR) is 269 cm³/mol. The summed E-state index contributed by atoms with van der Waals surface area (Å²) < 4.78 is 0. The van der Waals surface area contributed by atoms with E-state index >= 15 is 0 Å². The van der Waals surface area contributed by atoms with Crippen molar-refractivity contribution in [3.63, 3.8) is 0 Å². The molecular weight excluding hydrogens is 967 g/mol. The molecule has 0 aliphatic carbocycles. The van der Waals surface area contributed by atoms with Crippen LogP contribution >= 0.6 is 0 Å². The maximum atomic E-state index is 13.9. The largest absolute Gasteiger partial charge is 0.481 e. The van der Waals surface area contributed by atoms with E-state index in [9.17, 15) is 68.1 Å². The molecule has 0 aromatic heterocycles. The highest BCUT2D eigenvalue weighted by atomic mass is 16.4. The van der Waals surface area contributed by atoms with Crippen LogP contribution in [0.2, 0.25) is 0 Å². The molecule has 1 heterocycles. The number of hydrogen-bond donors (Lipinski definition) is 13. The lowest BCUT2D eigenvalue weighted by Crippen LogP contribution is -2.59. The standard InChI is InChI=1S/C49H79N11O14/c1-28(2)23-31(52)42(66)57-34(16-9-11-21-51)48(72)60-22-12-17-38(60)47(71)53-27-39(61)54-35(24-29(3)4)45(69)56-33(18-19-40(62)63)44(68)55-32(15-8-10-20-50)43(67)58-36(26-41(64)65)46(70)59-37(49(73)74)25-30-13-6-5-7-14-30/h5-7,13-14,28-29,31-38H,8-12,15-27,50-52H2,1-4H3,(H,53,71)(H,54,61)(H,55,68)(H,56,69)(H,57,66)(H,58,67)(H,59,70)(H,62,63)(H,64,65)(H,73,74). The summed E-state index contributed by atoms with van der Waals surface area (Å²) in [6, 6.07) is -2.33. The molecule has 1 aromatic carbocycles. The average molecular weight is 1050 g/mol. The lowest BCUT2D eigenvalue weighted by molar-refractivity contribution is -0.144. The van der Waals surface area contributed by atoms with E-state index in [1.54, 1.807) is 44.2 Å². The molecular formula is C49H79N11O14. The smallest absolute Gasteiger partial charge is 0.326 e. The van der Waals surface area contributed by atoms with Gasteiger partial charge in [-0.05, 0) is 101 Å². The maximum Gasteiger partial charge on any atom is 0.326 e. The SMILES string of the molecule is CC(C)CC(N)C(=O)NC(CCCCN)C(=O)N1CCCC1C(=O)NCC(=O)NC(CC(C)C)C(=O)NC(CCC(=O)O)C(=O)NC(CCCCN)C(=O)NC(CC(=O)O)C(=O)NC(Cc1ccccc1)C(=O)O. The van der Waals surface area contributed by atoms with Crippen molar-refractivity contribution in [2.75, 3.05) is 26.2 Å². The van der Waals surface area contributed by atoms with Crippen LogP contribution in [0.5, 0.6) is 0 Å². The molecule has 0 spiro atoms. The lowest BCUT2D eigenvalue weighted by Gasteiger charge is -2.29. The van der Waals surface area contributed by atoms with Crippen molar-refractivity contribution in [1.29, 1.82) is 0 Å². The number of benzene rings is 1. The van der Waals surface area contributed by atoms with E-state index in [4.69, 9.17) is 17.2 Å². The van der Waals surface area contributed by atoms with Crippen molar-refractivity contribution < 1.29 is 68.1 Å². The first kappa shape index (κ1) is 63.4. The minimum absolute atomic E-state index is 0.00696. The quantitative estimate of drug-likeness (QED) is 0.0339. The Kier molecular flexibility index (Phi) is 28.4. The van der Waals surface area contributed by atoms with Crippen LogP contribution in [0.4, 0.5) is 0 Å². The number of nitrogens with zero attached hydrogens (tertiary/aromatic N) is 1. The molecule has 2 rings (SSSR count). The van der Waals surface area contributed by atoms with Gasteiger partial charge in [-0.15, -0.1) is 0 Å². The Hall–Kier alpha value is -6.73. The van der Waals surface area contributed by atoms with Gasteiger partial charge >= 0.3 is 17.9 Å². The van der Waals surface area contributed by atoms with Crippen LogP contribution < -0.4 is 54.4 Å². The molecule has 1 fully saturated rings. The summed E-state index contributed by atoms with van der Waals surface area (Å²) in [7, 11) is 0. The van der Waals surface area contributed by atoms with E-state index in [1.807, 2.05) is 13.8 Å². The first-order valence-corrected chi connectivity index (χ1v) is 25.2. The molecule has 25 heteroatoms. The molecule has 1 aliphatic heterocycles. The number of unbranched alkanes of at least 4 members (excludes halogenated alkanes) is 2. The molecule has 1 aromatic rings. The summed E-state index contributed by atoms with van der Waals surface area (Å²) in [4.78, 5) is 146. The highest BCUT2D eigenvalue weighted by molar-refractivity contribution is 5.98. The molecule has 1 saturated heterocycles. The minimum Gasteiger partial charge on any atom is -0.481 e. The summed E-state index contributed by atoms with van der Waals surface area (Å²) in [5.74, 6) is -11.0. The van der Waals surface area contributed by atoms with E-state index < -0.39 is 139 Å². The molecule has 16 N–H and O–H groups in total. The maximum absolute atomic E-state index is 13.9. The highest BCUT2D eigenvalue weighted by Gasteiger charge is 2.39. The van der Waals surface area contributed by atoms with Gasteiger partial charge in [-0.25, -0.2) is 4.79 Å².